The van der Waals surface area contributed by atoms with Gasteiger partial charge in [0, 0.05) is 17.7 Å². The number of amides is 2. The molecule has 5 nitrogen and oxygen atoms in total. The van der Waals surface area contributed by atoms with E-state index in [0.29, 0.717) is 17.7 Å². The molecular weight excluding hydrogens is 366 g/mol. The minimum Gasteiger partial charge on any atom is -0.273 e. The van der Waals surface area contributed by atoms with E-state index in [9.17, 15) is 9.59 Å². The smallest absolute Gasteiger partial charge is 0.269 e. The largest absolute Gasteiger partial charge is 0.273 e. The molecule has 0 fully saturated rings. The van der Waals surface area contributed by atoms with Gasteiger partial charge < -0.3 is 0 Å². The Morgan fingerprint density at radius 2 is 1.85 bits per heavy atom. The summed E-state index contributed by atoms with van der Waals surface area (Å²) in [5.74, 6) is 0.0594. The molecule has 0 bridgehead atoms. The van der Waals surface area contributed by atoms with Crippen molar-refractivity contribution >= 4 is 45.1 Å². The quantitative estimate of drug-likeness (QED) is 0.500. The average molecular weight is 386 g/mol. The molecule has 0 unspecified atom stereocenters. The molecule has 0 saturated heterocycles. The first-order chi connectivity index (χ1) is 12.7. The minimum atomic E-state index is -0.320. The van der Waals surface area contributed by atoms with Gasteiger partial charge in [-0.2, -0.15) is 0 Å². The predicted molar refractivity (Wildman–Crippen MR) is 106 cm³/mol. The Balaban J connectivity index is 1.41. The fraction of sp³-hybridized carbons (Fsp3) is 0.211. The molecule has 0 atom stereocenters. The van der Waals surface area contributed by atoms with Crippen LogP contribution in [0.25, 0.3) is 10.2 Å². The summed E-state index contributed by atoms with van der Waals surface area (Å²) in [6.07, 6.45) is 1.22. The Morgan fingerprint density at radius 3 is 2.58 bits per heavy atom. The van der Waals surface area contributed by atoms with Crippen LogP contribution in [0, 0.1) is 0 Å². The van der Waals surface area contributed by atoms with Crippen LogP contribution in [0.5, 0.6) is 0 Å². The SMILES string of the molecule is CCc1ccc(C(=O)NNC(=O)CCSc2nc3ccccc3s2)cc1. The van der Waals surface area contributed by atoms with Crippen molar-refractivity contribution < 1.29 is 9.59 Å². The number of nitrogens with one attached hydrogen (secondary N) is 2. The van der Waals surface area contributed by atoms with Gasteiger partial charge in [0.05, 0.1) is 10.2 Å². The maximum absolute atomic E-state index is 12.0. The number of fused-ring (bicyclic) bond motifs is 1. The highest BCUT2D eigenvalue weighted by molar-refractivity contribution is 8.01. The number of hydrogen-bond donors (Lipinski definition) is 2. The number of carbonyl (C=O) groups is 2. The number of nitrogens with zero attached hydrogens (tertiary/aromatic N) is 1. The first kappa shape index (κ1) is 18.4. The second-order valence-corrected chi connectivity index (χ2v) is 7.97. The van der Waals surface area contributed by atoms with Crippen molar-refractivity contribution in [2.75, 3.05) is 5.75 Å². The summed E-state index contributed by atoms with van der Waals surface area (Å²) in [7, 11) is 0. The third kappa shape index (κ3) is 4.83. The molecule has 134 valence electrons. The van der Waals surface area contributed by atoms with Crippen LogP contribution >= 0.6 is 23.1 Å². The second-order valence-electron chi connectivity index (χ2n) is 5.60. The highest BCUT2D eigenvalue weighted by Crippen LogP contribution is 2.29. The molecule has 2 N–H and O–H groups in total. The van der Waals surface area contributed by atoms with Gasteiger partial charge in [-0.1, -0.05) is 43.0 Å². The number of thioether (sulfide) groups is 1. The Labute approximate surface area is 160 Å². The lowest BCUT2D eigenvalue weighted by atomic mass is 10.1. The van der Waals surface area contributed by atoms with E-state index in [-0.39, 0.29) is 11.8 Å². The summed E-state index contributed by atoms with van der Waals surface area (Å²) in [4.78, 5) is 28.4. The number of benzene rings is 2. The number of carbonyl (C=O) groups excluding carboxylic acids is 2. The van der Waals surface area contributed by atoms with E-state index in [2.05, 4.69) is 22.8 Å². The van der Waals surface area contributed by atoms with Crippen molar-refractivity contribution in [2.24, 2.45) is 0 Å². The summed E-state index contributed by atoms with van der Waals surface area (Å²) in [6, 6.07) is 15.3. The number of thiazole rings is 1. The van der Waals surface area contributed by atoms with Crippen LogP contribution in [0.3, 0.4) is 0 Å². The van der Waals surface area contributed by atoms with Crippen LogP contribution in [-0.2, 0) is 11.2 Å². The van der Waals surface area contributed by atoms with Gasteiger partial charge in [0.25, 0.3) is 5.91 Å². The van der Waals surface area contributed by atoms with Crippen LogP contribution < -0.4 is 10.9 Å². The number of aromatic nitrogens is 1. The van der Waals surface area contributed by atoms with E-state index in [1.165, 1.54) is 0 Å². The predicted octanol–water partition coefficient (Wildman–Crippen LogP) is 3.80. The maximum Gasteiger partial charge on any atom is 0.269 e. The molecule has 0 spiro atoms. The standard InChI is InChI=1S/C19H19N3O2S2/c1-2-13-7-9-14(10-8-13)18(24)22-21-17(23)11-12-25-19-20-15-5-3-4-6-16(15)26-19/h3-10H,2,11-12H2,1H3,(H,21,23)(H,22,24). The number of para-hydroxylation sites is 1. The van der Waals surface area contributed by atoms with Crippen molar-refractivity contribution in [3.05, 3.63) is 59.7 Å². The fourth-order valence-corrected chi connectivity index (χ4v) is 4.37. The Bertz CT molecular complexity index is 874. The van der Waals surface area contributed by atoms with Gasteiger partial charge in [-0.15, -0.1) is 11.3 Å². The van der Waals surface area contributed by atoms with E-state index in [1.807, 2.05) is 36.4 Å². The molecule has 2 amide bonds. The Morgan fingerprint density at radius 1 is 1.08 bits per heavy atom. The van der Waals surface area contributed by atoms with Gasteiger partial charge in [-0.05, 0) is 36.2 Å². The molecule has 0 aliphatic heterocycles. The Hall–Kier alpha value is -2.38. The minimum absolute atomic E-state index is 0.225. The van der Waals surface area contributed by atoms with Crippen LogP contribution in [0.1, 0.15) is 29.3 Å². The number of rotatable bonds is 6. The summed E-state index contributed by atoms with van der Waals surface area (Å²) < 4.78 is 2.08. The van der Waals surface area contributed by atoms with Crippen LogP contribution in [-0.4, -0.2) is 22.6 Å². The monoisotopic (exact) mass is 385 g/mol. The van der Waals surface area contributed by atoms with Gasteiger partial charge in [0.15, 0.2) is 4.34 Å². The molecule has 3 aromatic rings. The summed E-state index contributed by atoms with van der Waals surface area (Å²) >= 11 is 3.16. The van der Waals surface area contributed by atoms with E-state index in [1.54, 1.807) is 35.2 Å². The zero-order valence-corrected chi connectivity index (χ0v) is 16.0. The Kier molecular flexibility index (Phi) is 6.25. The van der Waals surface area contributed by atoms with Gasteiger partial charge >= 0.3 is 0 Å². The molecular formula is C19H19N3O2S2. The number of hydrogen-bond acceptors (Lipinski definition) is 5. The molecule has 0 saturated carbocycles. The summed E-state index contributed by atoms with van der Waals surface area (Å²) in [5, 5.41) is 0. The molecule has 0 aliphatic rings. The molecule has 1 heterocycles. The molecule has 2 aromatic carbocycles. The van der Waals surface area contributed by atoms with Gasteiger partial charge in [0.1, 0.15) is 0 Å². The zero-order valence-electron chi connectivity index (χ0n) is 14.3. The normalized spacial score (nSPS) is 10.7. The van der Waals surface area contributed by atoms with Crippen molar-refractivity contribution in [1.82, 2.24) is 15.8 Å². The van der Waals surface area contributed by atoms with Crippen LogP contribution in [0.2, 0.25) is 0 Å². The average Bonchev–Trinajstić information content (AvgIpc) is 3.09. The van der Waals surface area contributed by atoms with E-state index < -0.39 is 0 Å². The molecule has 26 heavy (non-hydrogen) atoms. The van der Waals surface area contributed by atoms with Gasteiger partial charge in [-0.25, -0.2) is 4.98 Å². The third-order valence-corrected chi connectivity index (χ3v) is 5.95. The highest BCUT2D eigenvalue weighted by atomic mass is 32.2. The van der Waals surface area contributed by atoms with Crippen molar-refractivity contribution in [3.63, 3.8) is 0 Å². The van der Waals surface area contributed by atoms with E-state index >= 15 is 0 Å². The molecule has 0 aliphatic carbocycles. The topological polar surface area (TPSA) is 71.1 Å². The van der Waals surface area contributed by atoms with Gasteiger partial charge in [-0.3, -0.25) is 20.4 Å². The highest BCUT2D eigenvalue weighted by Gasteiger charge is 2.09. The fourth-order valence-electron chi connectivity index (χ4n) is 2.30. The first-order valence-electron chi connectivity index (χ1n) is 8.32. The maximum atomic E-state index is 12.0. The molecule has 1 aromatic heterocycles. The van der Waals surface area contributed by atoms with E-state index in [4.69, 9.17) is 0 Å². The van der Waals surface area contributed by atoms with Crippen molar-refractivity contribution in [1.29, 1.82) is 0 Å². The van der Waals surface area contributed by atoms with Gasteiger partial charge in [0.2, 0.25) is 5.91 Å². The summed E-state index contributed by atoms with van der Waals surface area (Å²) in [6.45, 7) is 2.06. The number of hydrazine groups is 1. The zero-order chi connectivity index (χ0) is 18.4. The van der Waals surface area contributed by atoms with Crippen LogP contribution in [0.4, 0.5) is 0 Å². The lowest BCUT2D eigenvalue weighted by Crippen LogP contribution is -2.41. The third-order valence-electron chi connectivity index (χ3n) is 3.77. The molecule has 0 radical (unpaired) electrons. The molecule has 7 heteroatoms. The van der Waals surface area contributed by atoms with Crippen molar-refractivity contribution in [3.8, 4) is 0 Å². The van der Waals surface area contributed by atoms with Crippen LogP contribution in [0.15, 0.2) is 52.9 Å². The second kappa shape index (κ2) is 8.82. The first-order valence-corrected chi connectivity index (χ1v) is 10.1. The summed E-state index contributed by atoms with van der Waals surface area (Å²) in [5.41, 5.74) is 7.56. The van der Waals surface area contributed by atoms with Crippen molar-refractivity contribution in [2.45, 2.75) is 24.1 Å². The lowest BCUT2D eigenvalue weighted by Gasteiger charge is -2.07. The van der Waals surface area contributed by atoms with E-state index in [0.717, 1.165) is 26.5 Å². The molecule has 3 rings (SSSR count). The number of aryl methyl sites for hydroxylation is 1. The lowest BCUT2D eigenvalue weighted by molar-refractivity contribution is -0.121.